The Bertz CT molecular complexity index is 746. The van der Waals surface area contributed by atoms with Crippen molar-refractivity contribution in [3.63, 3.8) is 0 Å². The molecule has 96 valence electrons. The molecule has 3 aromatic heterocycles. The molecule has 0 saturated carbocycles. The summed E-state index contributed by atoms with van der Waals surface area (Å²) in [6.45, 7) is 2.12. The van der Waals surface area contributed by atoms with Gasteiger partial charge in [-0.2, -0.15) is 0 Å². The van der Waals surface area contributed by atoms with Gasteiger partial charge in [-0.15, -0.1) is 0 Å². The van der Waals surface area contributed by atoms with Crippen LogP contribution in [0.15, 0.2) is 36.7 Å². The molecule has 3 nitrogen and oxygen atoms in total. The molecule has 0 amide bonds. The van der Waals surface area contributed by atoms with Gasteiger partial charge in [0.15, 0.2) is 0 Å². The molecule has 0 aliphatic rings. The molecule has 0 aromatic carbocycles. The summed E-state index contributed by atoms with van der Waals surface area (Å²) in [5, 5.41) is 1.62. The Kier molecular flexibility index (Phi) is 2.99. The van der Waals surface area contributed by atoms with Crippen LogP contribution in [0.5, 0.6) is 0 Å². The second-order valence-electron chi connectivity index (χ2n) is 4.51. The van der Waals surface area contributed by atoms with E-state index in [4.69, 9.17) is 11.6 Å². The number of hydrogen-bond donors (Lipinski definition) is 0. The summed E-state index contributed by atoms with van der Waals surface area (Å²) >= 11 is 5.95. The van der Waals surface area contributed by atoms with E-state index in [-0.39, 0.29) is 0 Å². The largest absolute Gasteiger partial charge is 0.342 e. The Morgan fingerprint density at radius 3 is 2.89 bits per heavy atom. The van der Waals surface area contributed by atoms with Crippen LogP contribution in [-0.4, -0.2) is 14.5 Å². The molecule has 3 aromatic rings. The van der Waals surface area contributed by atoms with Gasteiger partial charge in [0.1, 0.15) is 5.15 Å². The lowest BCUT2D eigenvalue weighted by Crippen LogP contribution is -1.96. The van der Waals surface area contributed by atoms with Crippen LogP contribution in [0.25, 0.3) is 22.2 Å². The number of aryl methyl sites for hydroxylation is 2. The minimum absolute atomic E-state index is 0.520. The monoisotopic (exact) mass is 271 g/mol. The first kappa shape index (κ1) is 12.2. The van der Waals surface area contributed by atoms with Gasteiger partial charge in [0.25, 0.3) is 0 Å². The molecule has 0 spiro atoms. The summed E-state index contributed by atoms with van der Waals surface area (Å²) < 4.78 is 2.13. The van der Waals surface area contributed by atoms with Gasteiger partial charge in [0, 0.05) is 29.9 Å². The topological polar surface area (TPSA) is 30.7 Å². The number of pyridine rings is 2. The normalized spacial score (nSPS) is 11.1. The van der Waals surface area contributed by atoms with Gasteiger partial charge >= 0.3 is 0 Å². The molecular formula is C15H14ClN3. The molecule has 0 fully saturated rings. The fraction of sp³-hybridized carbons (Fsp3) is 0.200. The van der Waals surface area contributed by atoms with Crippen LogP contribution < -0.4 is 0 Å². The fourth-order valence-corrected chi connectivity index (χ4v) is 2.58. The lowest BCUT2D eigenvalue weighted by atomic mass is 10.1. The summed E-state index contributed by atoms with van der Waals surface area (Å²) in [5.74, 6) is 0. The molecule has 0 saturated heterocycles. The molecule has 19 heavy (non-hydrogen) atoms. The molecule has 0 aliphatic carbocycles. The second kappa shape index (κ2) is 4.67. The van der Waals surface area contributed by atoms with Gasteiger partial charge in [-0.05, 0) is 30.7 Å². The Balaban J connectivity index is 2.28. The van der Waals surface area contributed by atoms with Crippen molar-refractivity contribution in [2.75, 3.05) is 0 Å². The zero-order valence-corrected chi connectivity index (χ0v) is 11.6. The highest BCUT2D eigenvalue weighted by atomic mass is 35.5. The molecule has 0 N–H and O–H groups in total. The first-order valence-corrected chi connectivity index (χ1v) is 6.63. The van der Waals surface area contributed by atoms with Crippen molar-refractivity contribution in [2.45, 2.75) is 13.3 Å². The van der Waals surface area contributed by atoms with E-state index >= 15 is 0 Å². The Morgan fingerprint density at radius 1 is 1.26 bits per heavy atom. The summed E-state index contributed by atoms with van der Waals surface area (Å²) in [6, 6.07) is 8.11. The number of aromatic nitrogens is 3. The van der Waals surface area contributed by atoms with E-state index in [1.54, 1.807) is 0 Å². The van der Waals surface area contributed by atoms with Crippen LogP contribution in [-0.2, 0) is 13.5 Å². The van der Waals surface area contributed by atoms with E-state index in [1.807, 2.05) is 31.6 Å². The average molecular weight is 272 g/mol. The summed E-state index contributed by atoms with van der Waals surface area (Å²) in [7, 11) is 2.04. The molecule has 0 bridgehead atoms. The maximum absolute atomic E-state index is 5.95. The molecule has 4 heteroatoms. The lowest BCUT2D eigenvalue weighted by Gasteiger charge is -2.08. The predicted molar refractivity (Wildman–Crippen MR) is 78.3 cm³/mol. The smallest absolute Gasteiger partial charge is 0.129 e. The zero-order valence-electron chi connectivity index (χ0n) is 10.9. The number of nitrogens with zero attached hydrogens (tertiary/aromatic N) is 3. The first-order chi connectivity index (χ1) is 9.20. The molecule has 0 unspecified atom stereocenters. The first-order valence-electron chi connectivity index (χ1n) is 6.26. The third kappa shape index (κ3) is 2.00. The molecule has 3 heterocycles. The van der Waals surface area contributed by atoms with E-state index in [0.29, 0.717) is 5.15 Å². The average Bonchev–Trinajstić information content (AvgIpc) is 2.75. The third-order valence-corrected chi connectivity index (χ3v) is 3.60. The van der Waals surface area contributed by atoms with Crippen LogP contribution in [0.2, 0.25) is 5.15 Å². The molecule has 0 radical (unpaired) electrons. The van der Waals surface area contributed by atoms with Gasteiger partial charge in [-0.3, -0.25) is 4.98 Å². The van der Waals surface area contributed by atoms with Crippen LogP contribution in [0.3, 0.4) is 0 Å². The highest BCUT2D eigenvalue weighted by molar-refractivity contribution is 6.30. The standard InChI is InChI=1S/C15H14ClN3/c1-3-12-11(5-4-6-17-12)13-7-10-8-15(16)18-9-14(10)19(13)2/h4-9H,3H2,1-2H3. The van der Waals surface area contributed by atoms with Gasteiger partial charge in [0.05, 0.1) is 17.4 Å². The van der Waals surface area contributed by atoms with E-state index in [9.17, 15) is 0 Å². The molecule has 3 rings (SSSR count). The van der Waals surface area contributed by atoms with Gasteiger partial charge in [-0.1, -0.05) is 18.5 Å². The zero-order chi connectivity index (χ0) is 13.4. The SMILES string of the molecule is CCc1ncccc1-c1cc2cc(Cl)ncc2n1C. The van der Waals surface area contributed by atoms with Crippen molar-refractivity contribution < 1.29 is 0 Å². The minimum atomic E-state index is 0.520. The number of fused-ring (bicyclic) bond motifs is 1. The number of rotatable bonds is 2. The van der Waals surface area contributed by atoms with E-state index in [1.165, 1.54) is 5.56 Å². The Morgan fingerprint density at radius 2 is 2.11 bits per heavy atom. The van der Waals surface area contributed by atoms with E-state index < -0.39 is 0 Å². The highest BCUT2D eigenvalue weighted by Gasteiger charge is 2.11. The summed E-state index contributed by atoms with van der Waals surface area (Å²) in [5.41, 5.74) is 4.49. The van der Waals surface area contributed by atoms with Crippen LogP contribution in [0.1, 0.15) is 12.6 Å². The number of hydrogen-bond acceptors (Lipinski definition) is 2. The Labute approximate surface area is 116 Å². The second-order valence-corrected chi connectivity index (χ2v) is 4.89. The lowest BCUT2D eigenvalue weighted by molar-refractivity contribution is 0.958. The Hall–Kier alpha value is -1.87. The van der Waals surface area contributed by atoms with Crippen molar-refractivity contribution in [1.29, 1.82) is 0 Å². The van der Waals surface area contributed by atoms with Crippen molar-refractivity contribution in [3.8, 4) is 11.3 Å². The summed E-state index contributed by atoms with van der Waals surface area (Å²) in [6.07, 6.45) is 4.56. The maximum Gasteiger partial charge on any atom is 0.129 e. The summed E-state index contributed by atoms with van der Waals surface area (Å²) in [4.78, 5) is 8.59. The minimum Gasteiger partial charge on any atom is -0.342 e. The molecular weight excluding hydrogens is 258 g/mol. The van der Waals surface area contributed by atoms with Crippen molar-refractivity contribution in [1.82, 2.24) is 14.5 Å². The maximum atomic E-state index is 5.95. The van der Waals surface area contributed by atoms with Crippen molar-refractivity contribution in [2.24, 2.45) is 7.05 Å². The van der Waals surface area contributed by atoms with E-state index in [0.717, 1.165) is 28.7 Å². The van der Waals surface area contributed by atoms with Crippen LogP contribution in [0, 0.1) is 0 Å². The third-order valence-electron chi connectivity index (χ3n) is 3.40. The van der Waals surface area contributed by atoms with Gasteiger partial charge in [-0.25, -0.2) is 4.98 Å². The van der Waals surface area contributed by atoms with Crippen molar-refractivity contribution in [3.05, 3.63) is 47.5 Å². The number of halogens is 1. The van der Waals surface area contributed by atoms with Gasteiger partial charge < -0.3 is 4.57 Å². The molecule has 0 atom stereocenters. The predicted octanol–water partition coefficient (Wildman–Crippen LogP) is 3.85. The van der Waals surface area contributed by atoms with Gasteiger partial charge in [0.2, 0.25) is 0 Å². The van der Waals surface area contributed by atoms with Crippen LogP contribution in [0.4, 0.5) is 0 Å². The quantitative estimate of drug-likeness (QED) is 0.663. The fourth-order valence-electron chi connectivity index (χ4n) is 2.42. The highest BCUT2D eigenvalue weighted by Crippen LogP contribution is 2.29. The van der Waals surface area contributed by atoms with Crippen LogP contribution >= 0.6 is 11.6 Å². The molecule has 0 aliphatic heterocycles. The van der Waals surface area contributed by atoms with E-state index in [2.05, 4.69) is 33.6 Å². The van der Waals surface area contributed by atoms with Crippen molar-refractivity contribution >= 4 is 22.5 Å².